The minimum atomic E-state index is -1.90. The van der Waals surface area contributed by atoms with Gasteiger partial charge in [0.2, 0.25) is 4.93 Å². The van der Waals surface area contributed by atoms with Gasteiger partial charge in [-0.15, -0.1) is 12.6 Å². The lowest BCUT2D eigenvalue weighted by Gasteiger charge is -2.33. The number of carbonyl (C=O) groups is 1. The van der Waals surface area contributed by atoms with E-state index in [2.05, 4.69) is 63.8 Å². The summed E-state index contributed by atoms with van der Waals surface area (Å²) < 4.78 is 10.6. The van der Waals surface area contributed by atoms with Gasteiger partial charge in [0.1, 0.15) is 0 Å². The summed E-state index contributed by atoms with van der Waals surface area (Å²) in [6.45, 7) is 10.9. The van der Waals surface area contributed by atoms with Gasteiger partial charge in [-0.25, -0.2) is 4.79 Å². The molecule has 0 aliphatic carbocycles. The molecule has 96 valence electrons. The number of amides is 1. The second-order valence-electron chi connectivity index (χ2n) is 5.62. The van der Waals surface area contributed by atoms with Crippen LogP contribution in [0.3, 0.4) is 0 Å². The number of ether oxygens (including phenoxy) is 1. The Morgan fingerprint density at radius 1 is 1.53 bits per heavy atom. The van der Waals surface area contributed by atoms with Crippen molar-refractivity contribution >= 4 is 27.0 Å². The first kappa shape index (κ1) is 14.3. The molecule has 6 heteroatoms. The number of cyclic esters (lactones) is 1. The van der Waals surface area contributed by atoms with Crippen LogP contribution in [0.15, 0.2) is 0 Å². The molecule has 1 rings (SSSR count). The molecule has 0 aromatic rings. The van der Waals surface area contributed by atoms with Gasteiger partial charge in [0.05, 0.1) is 12.7 Å². The van der Waals surface area contributed by atoms with Crippen molar-refractivity contribution in [3.63, 3.8) is 0 Å². The number of hydrogen-bond acceptors (Lipinski definition) is 4. The highest BCUT2D eigenvalue weighted by atomic mass is 32.1. The fraction of sp³-hybridized carbons (Fsp3) is 0.727. The van der Waals surface area contributed by atoms with Gasteiger partial charge in [0.25, 0.3) is 8.32 Å². The molecule has 0 spiro atoms. The predicted octanol–water partition coefficient (Wildman–Crippen LogP) is 2.33. The fourth-order valence-corrected chi connectivity index (χ4v) is 1.69. The molecule has 0 bridgehead atoms. The van der Waals surface area contributed by atoms with Crippen LogP contribution in [0.25, 0.3) is 0 Å². The molecule has 0 radical (unpaired) electrons. The van der Waals surface area contributed by atoms with Gasteiger partial charge >= 0.3 is 6.09 Å². The van der Waals surface area contributed by atoms with E-state index in [1.54, 1.807) is 0 Å². The molecule has 1 heterocycles. The molecule has 1 amide bonds. The normalized spacial score (nSPS) is 24.5. The van der Waals surface area contributed by atoms with E-state index in [-0.39, 0.29) is 11.6 Å². The molecule has 0 aromatic heterocycles. The number of thiol groups is 1. The van der Waals surface area contributed by atoms with Crippen LogP contribution in [0.2, 0.25) is 18.1 Å². The van der Waals surface area contributed by atoms with Crippen LogP contribution in [0, 0.1) is 12.0 Å². The lowest BCUT2D eigenvalue weighted by molar-refractivity contribution is 0.149. The Hall–Kier alpha value is -0.803. The molecule has 1 aliphatic heterocycles. The summed E-state index contributed by atoms with van der Waals surface area (Å²) in [7, 11) is -1.90. The summed E-state index contributed by atoms with van der Waals surface area (Å²) in [5.41, 5.74) is 0. The highest BCUT2D eigenvalue weighted by Gasteiger charge is 2.39. The Morgan fingerprint density at radius 2 is 2.12 bits per heavy atom. The largest absolute Gasteiger partial charge is 0.500 e. The minimum absolute atomic E-state index is 0.0933. The standard InChI is InChI=1S/C11H19NO3SSi/c1-10(2,3)17(4,5)14-7-6-11(16)8-12-9(13)15-11/h16H,8H2,1-5H3,(H,12,13)/t11-/m0/s1. The molecule has 0 unspecified atom stereocenters. The third-order valence-corrected chi connectivity index (χ3v) is 7.68. The van der Waals surface area contributed by atoms with Crippen LogP contribution in [0.4, 0.5) is 4.79 Å². The second kappa shape index (κ2) is 4.46. The second-order valence-corrected chi connectivity index (χ2v) is 11.1. The smallest absolute Gasteiger partial charge is 0.409 e. The molecular weight excluding hydrogens is 254 g/mol. The maximum absolute atomic E-state index is 10.9. The van der Waals surface area contributed by atoms with Crippen molar-refractivity contribution in [3.05, 3.63) is 0 Å². The zero-order valence-electron chi connectivity index (χ0n) is 10.9. The van der Waals surface area contributed by atoms with Gasteiger partial charge in [-0.1, -0.05) is 20.8 Å². The summed E-state index contributed by atoms with van der Waals surface area (Å²) in [5, 5.41) is 2.60. The number of carbonyl (C=O) groups excluding carboxylic acids is 1. The van der Waals surface area contributed by atoms with Gasteiger partial charge in [-0.05, 0) is 18.1 Å². The monoisotopic (exact) mass is 273 g/mol. The number of nitrogens with one attached hydrogen (secondary N) is 1. The average Bonchev–Trinajstić information content (AvgIpc) is 2.44. The van der Waals surface area contributed by atoms with Crippen molar-refractivity contribution < 1.29 is 14.0 Å². The zero-order valence-corrected chi connectivity index (χ0v) is 12.8. The number of rotatable bonds is 1. The quantitative estimate of drug-likeness (QED) is 0.438. The lowest BCUT2D eigenvalue weighted by atomic mass is 10.2. The van der Waals surface area contributed by atoms with Crippen LogP contribution in [-0.4, -0.2) is 25.9 Å². The van der Waals surface area contributed by atoms with Crippen LogP contribution in [0.5, 0.6) is 0 Å². The highest BCUT2D eigenvalue weighted by Crippen LogP contribution is 2.36. The maximum atomic E-state index is 10.9. The van der Waals surface area contributed by atoms with Crippen LogP contribution in [-0.2, 0) is 9.16 Å². The zero-order chi connectivity index (χ0) is 13.3. The van der Waals surface area contributed by atoms with E-state index in [0.29, 0.717) is 0 Å². The summed E-state index contributed by atoms with van der Waals surface area (Å²) in [6, 6.07) is 0. The van der Waals surface area contributed by atoms with Crippen molar-refractivity contribution in [3.8, 4) is 12.0 Å². The third kappa shape index (κ3) is 3.58. The minimum Gasteiger partial charge on any atom is -0.500 e. The molecule has 17 heavy (non-hydrogen) atoms. The van der Waals surface area contributed by atoms with Gasteiger partial charge in [0.15, 0.2) is 0 Å². The molecule has 1 fully saturated rings. The molecule has 1 atom stereocenters. The van der Waals surface area contributed by atoms with Crippen molar-refractivity contribution in [2.45, 2.75) is 43.8 Å². The Balaban J connectivity index is 2.66. The number of hydrogen-bond donors (Lipinski definition) is 2. The van der Waals surface area contributed by atoms with Gasteiger partial charge in [-0.2, -0.15) is 0 Å². The fourth-order valence-electron chi connectivity index (χ4n) is 0.873. The predicted molar refractivity (Wildman–Crippen MR) is 72.3 cm³/mol. The van der Waals surface area contributed by atoms with Crippen LogP contribution < -0.4 is 5.32 Å². The Labute approximate surface area is 109 Å². The van der Waals surface area contributed by atoms with Crippen molar-refractivity contribution in [1.82, 2.24) is 5.32 Å². The molecular formula is C11H19NO3SSi. The van der Waals surface area contributed by atoms with E-state index in [1.807, 2.05) is 0 Å². The Morgan fingerprint density at radius 3 is 2.53 bits per heavy atom. The van der Waals surface area contributed by atoms with E-state index in [1.165, 1.54) is 0 Å². The SMILES string of the molecule is CC(C)(C)[Si](C)(C)OC#C[C@]1(S)CNC(=O)O1. The molecule has 4 nitrogen and oxygen atoms in total. The van der Waals surface area contributed by atoms with Crippen LogP contribution in [0.1, 0.15) is 20.8 Å². The first-order valence-corrected chi connectivity index (χ1v) is 8.81. The molecule has 1 saturated heterocycles. The molecule has 1 N–H and O–H groups in total. The number of alkyl carbamates (subject to hydrolysis) is 1. The average molecular weight is 273 g/mol. The van der Waals surface area contributed by atoms with Gasteiger partial charge in [-0.3, -0.25) is 0 Å². The topological polar surface area (TPSA) is 47.6 Å². The first-order valence-electron chi connectivity index (χ1n) is 5.45. The van der Waals surface area contributed by atoms with Crippen LogP contribution >= 0.6 is 12.6 Å². The Kier molecular flexibility index (Phi) is 3.74. The molecule has 0 saturated carbocycles. The van der Waals surface area contributed by atoms with E-state index < -0.39 is 19.3 Å². The summed E-state index contributed by atoms with van der Waals surface area (Å²) in [5.74, 6) is 2.74. The third-order valence-electron chi connectivity index (χ3n) is 3.09. The first-order chi connectivity index (χ1) is 7.56. The van der Waals surface area contributed by atoms with Gasteiger partial charge < -0.3 is 14.5 Å². The van der Waals surface area contributed by atoms with Crippen molar-refractivity contribution in [1.29, 1.82) is 0 Å². The van der Waals surface area contributed by atoms with Crippen molar-refractivity contribution in [2.75, 3.05) is 6.54 Å². The van der Waals surface area contributed by atoms with E-state index in [4.69, 9.17) is 9.16 Å². The Bertz CT molecular complexity index is 380. The van der Waals surface area contributed by atoms with E-state index >= 15 is 0 Å². The molecule has 1 aliphatic rings. The lowest BCUT2D eigenvalue weighted by Crippen LogP contribution is -2.39. The van der Waals surface area contributed by atoms with E-state index in [9.17, 15) is 4.79 Å². The summed E-state index contributed by atoms with van der Waals surface area (Å²) in [4.78, 5) is 9.83. The maximum Gasteiger partial charge on any atom is 0.409 e. The summed E-state index contributed by atoms with van der Waals surface area (Å²) >= 11 is 4.20. The molecule has 0 aromatic carbocycles. The van der Waals surface area contributed by atoms with Crippen molar-refractivity contribution in [2.24, 2.45) is 0 Å². The van der Waals surface area contributed by atoms with Gasteiger partial charge in [0, 0.05) is 5.92 Å². The summed E-state index contributed by atoms with van der Waals surface area (Å²) in [6.07, 6.45) is 2.15. The highest BCUT2D eigenvalue weighted by molar-refractivity contribution is 7.82. The van der Waals surface area contributed by atoms with E-state index in [0.717, 1.165) is 0 Å².